The van der Waals surface area contributed by atoms with Crippen molar-refractivity contribution in [1.82, 2.24) is 0 Å². The second-order valence-corrected chi connectivity index (χ2v) is 3.85. The zero-order valence-corrected chi connectivity index (χ0v) is 9.26. The van der Waals surface area contributed by atoms with Crippen molar-refractivity contribution in [2.24, 2.45) is 0 Å². The van der Waals surface area contributed by atoms with E-state index in [2.05, 4.69) is 0 Å². The van der Waals surface area contributed by atoms with Crippen molar-refractivity contribution in [3.63, 3.8) is 0 Å². The molecule has 0 saturated heterocycles. The largest absolute Gasteiger partial charge is 0.481 e. The summed E-state index contributed by atoms with van der Waals surface area (Å²) in [7, 11) is 0. The van der Waals surface area contributed by atoms with E-state index in [1.54, 1.807) is 6.07 Å². The number of hydrogen-bond acceptors (Lipinski definition) is 2. The number of anilines is 1. The molecule has 0 atom stereocenters. The van der Waals surface area contributed by atoms with Gasteiger partial charge in [0.1, 0.15) is 0 Å². The number of carboxylic acid groups (broad SMARTS) is 1. The molecule has 0 aromatic heterocycles. The Morgan fingerprint density at radius 2 is 1.76 bits per heavy atom. The lowest BCUT2D eigenvalue weighted by atomic mass is 10.0. The van der Waals surface area contributed by atoms with Crippen molar-refractivity contribution in [3.05, 3.63) is 54.1 Å². The predicted molar refractivity (Wildman–Crippen MR) is 67.6 cm³/mol. The Morgan fingerprint density at radius 3 is 2.41 bits per heavy atom. The summed E-state index contributed by atoms with van der Waals surface area (Å²) in [5.41, 5.74) is 8.96. The molecule has 86 valence electrons. The van der Waals surface area contributed by atoms with Gasteiger partial charge in [-0.25, -0.2) is 0 Å². The van der Waals surface area contributed by atoms with Crippen LogP contribution >= 0.6 is 0 Å². The Morgan fingerprint density at radius 1 is 1.06 bits per heavy atom. The highest BCUT2D eigenvalue weighted by Gasteiger charge is 2.06. The fourth-order valence-corrected chi connectivity index (χ4v) is 1.73. The van der Waals surface area contributed by atoms with Crippen LogP contribution in [0.4, 0.5) is 5.69 Å². The Labute approximate surface area is 99.5 Å². The first-order valence-electron chi connectivity index (χ1n) is 5.32. The number of nitrogen functional groups attached to an aromatic ring is 1. The standard InChI is InChI=1S/C14H13NO2/c15-13-7-6-11(8-12(13)9-14(16)17)10-4-2-1-3-5-10/h1-8H,9,15H2,(H,16,17). The number of carboxylic acids is 1. The van der Waals surface area contributed by atoms with Gasteiger partial charge in [-0.2, -0.15) is 0 Å². The number of rotatable bonds is 3. The van der Waals surface area contributed by atoms with Crippen LogP contribution in [-0.4, -0.2) is 11.1 Å². The number of aliphatic carboxylic acids is 1. The molecule has 0 fully saturated rings. The Kier molecular flexibility index (Phi) is 3.10. The van der Waals surface area contributed by atoms with E-state index >= 15 is 0 Å². The van der Waals surface area contributed by atoms with Crippen LogP contribution in [-0.2, 0) is 11.2 Å². The first kappa shape index (κ1) is 11.2. The molecule has 0 aliphatic heterocycles. The zero-order valence-electron chi connectivity index (χ0n) is 9.26. The summed E-state index contributed by atoms with van der Waals surface area (Å²) >= 11 is 0. The minimum absolute atomic E-state index is 0.0491. The van der Waals surface area contributed by atoms with Crippen molar-refractivity contribution in [3.8, 4) is 11.1 Å². The van der Waals surface area contributed by atoms with Crippen molar-refractivity contribution >= 4 is 11.7 Å². The molecule has 0 bridgehead atoms. The molecule has 0 saturated carbocycles. The van der Waals surface area contributed by atoms with Gasteiger partial charge in [-0.1, -0.05) is 36.4 Å². The van der Waals surface area contributed by atoms with Gasteiger partial charge < -0.3 is 10.8 Å². The van der Waals surface area contributed by atoms with Gasteiger partial charge in [0.25, 0.3) is 0 Å². The highest BCUT2D eigenvalue weighted by molar-refractivity contribution is 5.75. The first-order chi connectivity index (χ1) is 8.16. The van der Waals surface area contributed by atoms with Crippen molar-refractivity contribution < 1.29 is 9.90 Å². The minimum atomic E-state index is -0.873. The van der Waals surface area contributed by atoms with Crippen LogP contribution in [0, 0.1) is 0 Å². The lowest BCUT2D eigenvalue weighted by molar-refractivity contribution is -0.136. The molecule has 0 radical (unpaired) electrons. The number of hydrogen-bond donors (Lipinski definition) is 2. The quantitative estimate of drug-likeness (QED) is 0.792. The van der Waals surface area contributed by atoms with Crippen LogP contribution < -0.4 is 5.73 Å². The first-order valence-corrected chi connectivity index (χ1v) is 5.32. The van der Waals surface area contributed by atoms with Gasteiger partial charge in [0.15, 0.2) is 0 Å². The monoisotopic (exact) mass is 227 g/mol. The number of benzene rings is 2. The molecule has 0 heterocycles. The third kappa shape index (κ3) is 2.64. The van der Waals surface area contributed by atoms with Crippen LogP contribution in [0.15, 0.2) is 48.5 Å². The average molecular weight is 227 g/mol. The number of carbonyl (C=O) groups is 1. The van der Waals surface area contributed by atoms with Crippen molar-refractivity contribution in [2.75, 3.05) is 5.73 Å². The maximum atomic E-state index is 10.7. The Balaban J connectivity index is 2.41. The highest BCUT2D eigenvalue weighted by atomic mass is 16.4. The summed E-state index contributed by atoms with van der Waals surface area (Å²) in [5.74, 6) is -0.873. The van der Waals surface area contributed by atoms with Gasteiger partial charge in [0.2, 0.25) is 0 Å². The van der Waals surface area contributed by atoms with E-state index in [-0.39, 0.29) is 6.42 Å². The van der Waals surface area contributed by atoms with Gasteiger partial charge in [-0.15, -0.1) is 0 Å². The van der Waals surface area contributed by atoms with Gasteiger partial charge in [0, 0.05) is 5.69 Å². The normalized spacial score (nSPS) is 10.1. The van der Waals surface area contributed by atoms with E-state index in [4.69, 9.17) is 10.8 Å². The van der Waals surface area contributed by atoms with E-state index < -0.39 is 5.97 Å². The maximum Gasteiger partial charge on any atom is 0.307 e. The van der Waals surface area contributed by atoms with Crippen LogP contribution in [0.5, 0.6) is 0 Å². The SMILES string of the molecule is Nc1ccc(-c2ccccc2)cc1CC(=O)O. The molecule has 3 heteroatoms. The molecular formula is C14H13NO2. The number of nitrogens with two attached hydrogens (primary N) is 1. The molecule has 0 amide bonds. The minimum Gasteiger partial charge on any atom is -0.481 e. The zero-order chi connectivity index (χ0) is 12.3. The van der Waals surface area contributed by atoms with E-state index in [0.717, 1.165) is 11.1 Å². The van der Waals surface area contributed by atoms with E-state index in [9.17, 15) is 4.79 Å². The molecule has 0 spiro atoms. The molecule has 17 heavy (non-hydrogen) atoms. The van der Waals surface area contributed by atoms with E-state index in [1.165, 1.54) is 0 Å². The summed E-state index contributed by atoms with van der Waals surface area (Å²) in [6.45, 7) is 0. The summed E-state index contributed by atoms with van der Waals surface area (Å²) in [6, 6.07) is 15.3. The van der Waals surface area contributed by atoms with E-state index in [1.807, 2.05) is 42.5 Å². The Bertz CT molecular complexity index is 535. The summed E-state index contributed by atoms with van der Waals surface area (Å²) in [6.07, 6.45) is -0.0491. The van der Waals surface area contributed by atoms with Crippen LogP contribution in [0.1, 0.15) is 5.56 Å². The van der Waals surface area contributed by atoms with E-state index in [0.29, 0.717) is 11.3 Å². The summed E-state index contributed by atoms with van der Waals surface area (Å²) < 4.78 is 0. The molecule has 2 aromatic carbocycles. The molecule has 0 aliphatic carbocycles. The molecule has 2 aromatic rings. The average Bonchev–Trinajstić information content (AvgIpc) is 2.32. The summed E-state index contributed by atoms with van der Waals surface area (Å²) in [4.78, 5) is 10.7. The predicted octanol–water partition coefficient (Wildman–Crippen LogP) is 2.56. The van der Waals surface area contributed by atoms with Crippen LogP contribution in [0.25, 0.3) is 11.1 Å². The lowest BCUT2D eigenvalue weighted by Crippen LogP contribution is -2.03. The molecular weight excluding hydrogens is 214 g/mol. The van der Waals surface area contributed by atoms with Crippen molar-refractivity contribution in [1.29, 1.82) is 0 Å². The van der Waals surface area contributed by atoms with Crippen LogP contribution in [0.3, 0.4) is 0 Å². The fourth-order valence-electron chi connectivity index (χ4n) is 1.73. The molecule has 0 unspecified atom stereocenters. The molecule has 2 rings (SSSR count). The topological polar surface area (TPSA) is 63.3 Å². The highest BCUT2D eigenvalue weighted by Crippen LogP contribution is 2.23. The molecule has 3 nitrogen and oxygen atoms in total. The van der Waals surface area contributed by atoms with Gasteiger partial charge in [-0.05, 0) is 28.8 Å². The lowest BCUT2D eigenvalue weighted by Gasteiger charge is -2.07. The van der Waals surface area contributed by atoms with Gasteiger partial charge in [0.05, 0.1) is 6.42 Å². The van der Waals surface area contributed by atoms with Gasteiger partial charge in [-0.3, -0.25) is 4.79 Å². The fraction of sp³-hybridized carbons (Fsp3) is 0.0714. The maximum absolute atomic E-state index is 10.7. The molecule has 3 N–H and O–H groups in total. The second-order valence-electron chi connectivity index (χ2n) is 3.85. The van der Waals surface area contributed by atoms with Crippen molar-refractivity contribution in [2.45, 2.75) is 6.42 Å². The van der Waals surface area contributed by atoms with Crippen LogP contribution in [0.2, 0.25) is 0 Å². The third-order valence-corrected chi connectivity index (χ3v) is 2.59. The second kappa shape index (κ2) is 4.70. The third-order valence-electron chi connectivity index (χ3n) is 2.59. The van der Waals surface area contributed by atoms with Gasteiger partial charge >= 0.3 is 5.97 Å². The summed E-state index contributed by atoms with van der Waals surface area (Å²) in [5, 5.41) is 8.80. The smallest absolute Gasteiger partial charge is 0.307 e. The molecule has 0 aliphatic rings. The Hall–Kier alpha value is -2.29.